The molecule has 2 N–H and O–H groups in total. The molecule has 0 saturated carbocycles. The van der Waals surface area contributed by atoms with Crippen molar-refractivity contribution in [1.82, 2.24) is 9.97 Å². The molecule has 7 heteroatoms. The Balaban J connectivity index is 2.05. The smallest absolute Gasteiger partial charge is 0.350 e. The lowest BCUT2D eigenvalue weighted by Crippen LogP contribution is -2.27. The third-order valence-electron chi connectivity index (χ3n) is 3.78. The van der Waals surface area contributed by atoms with E-state index in [1.165, 1.54) is 12.1 Å². The van der Waals surface area contributed by atoms with E-state index in [0.29, 0.717) is 11.6 Å². The number of para-hydroxylation sites is 1. The van der Waals surface area contributed by atoms with E-state index in [0.717, 1.165) is 11.6 Å². The van der Waals surface area contributed by atoms with Crippen LogP contribution < -0.4 is 10.6 Å². The summed E-state index contributed by atoms with van der Waals surface area (Å²) in [7, 11) is 0. The molecule has 0 atom stereocenters. The molecule has 0 spiro atoms. The van der Waals surface area contributed by atoms with Crippen molar-refractivity contribution < 1.29 is 13.2 Å². The van der Waals surface area contributed by atoms with Gasteiger partial charge in [-0.15, -0.1) is 0 Å². The van der Waals surface area contributed by atoms with Crippen LogP contribution in [0.3, 0.4) is 0 Å². The van der Waals surface area contributed by atoms with Gasteiger partial charge in [-0.3, -0.25) is 0 Å². The quantitative estimate of drug-likeness (QED) is 0.567. The van der Waals surface area contributed by atoms with Crippen molar-refractivity contribution >= 4 is 17.5 Å². The number of halogens is 3. The molecule has 0 aliphatic rings. The van der Waals surface area contributed by atoms with Gasteiger partial charge in [-0.2, -0.15) is 18.2 Å². The molecule has 0 radical (unpaired) electrons. The number of nitrogens with zero attached hydrogens (tertiary/aromatic N) is 2. The van der Waals surface area contributed by atoms with Crippen LogP contribution >= 0.6 is 0 Å². The minimum Gasteiger partial charge on any atom is -0.350 e. The number of rotatable bonds is 4. The van der Waals surface area contributed by atoms with Gasteiger partial charge in [0.1, 0.15) is 5.82 Å². The molecule has 2 aromatic carbocycles. The fourth-order valence-corrected chi connectivity index (χ4v) is 2.64. The Bertz CT molecular complexity index is 948. The average Bonchev–Trinajstić information content (AvgIpc) is 2.60. The Morgan fingerprint density at radius 3 is 2.11 bits per heavy atom. The summed E-state index contributed by atoms with van der Waals surface area (Å²) in [5, 5.41) is 5.98. The highest BCUT2D eigenvalue weighted by atomic mass is 19.4. The van der Waals surface area contributed by atoms with Crippen LogP contribution in [0.2, 0.25) is 0 Å². The zero-order valence-electron chi connectivity index (χ0n) is 15.8. The van der Waals surface area contributed by atoms with Gasteiger partial charge in [0.15, 0.2) is 0 Å². The van der Waals surface area contributed by atoms with E-state index in [9.17, 15) is 13.2 Å². The molecule has 0 aliphatic carbocycles. The van der Waals surface area contributed by atoms with Crippen molar-refractivity contribution in [2.45, 2.75) is 32.5 Å². The van der Waals surface area contributed by atoms with Gasteiger partial charge in [-0.05, 0) is 32.9 Å². The Kier molecular flexibility index (Phi) is 5.27. The molecule has 0 bridgehead atoms. The predicted octanol–water partition coefficient (Wildman–Crippen LogP) is 6.12. The molecule has 3 aromatic rings. The first-order valence-electron chi connectivity index (χ1n) is 8.78. The van der Waals surface area contributed by atoms with Gasteiger partial charge in [0, 0.05) is 17.2 Å². The van der Waals surface area contributed by atoms with E-state index in [-0.39, 0.29) is 17.0 Å². The van der Waals surface area contributed by atoms with E-state index in [1.54, 1.807) is 12.1 Å². The summed E-state index contributed by atoms with van der Waals surface area (Å²) in [4.78, 5) is 8.88. The molecule has 0 saturated heterocycles. The van der Waals surface area contributed by atoms with Crippen LogP contribution in [0.1, 0.15) is 26.3 Å². The van der Waals surface area contributed by atoms with Crippen LogP contribution in [0.25, 0.3) is 11.3 Å². The Morgan fingerprint density at radius 2 is 1.46 bits per heavy atom. The van der Waals surface area contributed by atoms with Gasteiger partial charge in [-0.25, -0.2) is 4.98 Å². The van der Waals surface area contributed by atoms with Crippen LogP contribution in [0.15, 0.2) is 60.7 Å². The Labute approximate surface area is 161 Å². The maximum absolute atomic E-state index is 13.3. The van der Waals surface area contributed by atoms with Crippen LogP contribution in [-0.2, 0) is 6.18 Å². The van der Waals surface area contributed by atoms with E-state index in [4.69, 9.17) is 0 Å². The third kappa shape index (κ3) is 5.00. The number of aromatic nitrogens is 2. The summed E-state index contributed by atoms with van der Waals surface area (Å²) in [6, 6.07) is 16.4. The zero-order chi connectivity index (χ0) is 20.4. The molecular weight excluding hydrogens is 365 g/mol. The van der Waals surface area contributed by atoms with Crippen molar-refractivity contribution in [2.24, 2.45) is 0 Å². The molecule has 4 nitrogen and oxygen atoms in total. The third-order valence-corrected chi connectivity index (χ3v) is 3.78. The molecule has 0 amide bonds. The highest BCUT2D eigenvalue weighted by Gasteiger charge is 2.33. The van der Waals surface area contributed by atoms with Crippen molar-refractivity contribution in [3.63, 3.8) is 0 Å². The molecule has 146 valence electrons. The predicted molar refractivity (Wildman–Crippen MR) is 106 cm³/mol. The SMILES string of the molecule is CC(C)(C)Nc1nc(Nc2ccccc2C(F)(F)F)cc(-c2ccccc2)n1. The minimum atomic E-state index is -4.47. The molecular formula is C21H21F3N4. The van der Waals surface area contributed by atoms with E-state index in [2.05, 4.69) is 20.6 Å². The lowest BCUT2D eigenvalue weighted by Gasteiger charge is -2.21. The summed E-state index contributed by atoms with van der Waals surface area (Å²) < 4.78 is 39.9. The van der Waals surface area contributed by atoms with Gasteiger partial charge in [0.25, 0.3) is 0 Å². The maximum atomic E-state index is 13.3. The first-order valence-corrected chi connectivity index (χ1v) is 8.78. The summed E-state index contributed by atoms with van der Waals surface area (Å²) in [6.45, 7) is 5.87. The summed E-state index contributed by atoms with van der Waals surface area (Å²) in [6.07, 6.45) is -4.47. The number of alkyl halides is 3. The molecule has 28 heavy (non-hydrogen) atoms. The van der Waals surface area contributed by atoms with Gasteiger partial charge in [-0.1, -0.05) is 42.5 Å². The lowest BCUT2D eigenvalue weighted by molar-refractivity contribution is -0.136. The second kappa shape index (κ2) is 7.50. The van der Waals surface area contributed by atoms with Gasteiger partial charge in [0.05, 0.1) is 16.9 Å². The lowest BCUT2D eigenvalue weighted by atomic mass is 10.1. The van der Waals surface area contributed by atoms with Crippen molar-refractivity contribution in [1.29, 1.82) is 0 Å². The van der Waals surface area contributed by atoms with Crippen molar-refractivity contribution in [3.05, 3.63) is 66.2 Å². The molecule has 3 rings (SSSR count). The van der Waals surface area contributed by atoms with Gasteiger partial charge >= 0.3 is 6.18 Å². The monoisotopic (exact) mass is 386 g/mol. The number of benzene rings is 2. The number of hydrogen-bond donors (Lipinski definition) is 2. The fourth-order valence-electron chi connectivity index (χ4n) is 2.64. The second-order valence-electron chi connectivity index (χ2n) is 7.37. The zero-order valence-corrected chi connectivity index (χ0v) is 15.8. The summed E-state index contributed by atoms with van der Waals surface area (Å²) in [5.41, 5.74) is 0.328. The fraction of sp³-hybridized carbons (Fsp3) is 0.238. The van der Waals surface area contributed by atoms with Crippen molar-refractivity contribution in [3.8, 4) is 11.3 Å². The summed E-state index contributed by atoms with van der Waals surface area (Å²) >= 11 is 0. The van der Waals surface area contributed by atoms with Crippen LogP contribution in [0.4, 0.5) is 30.6 Å². The number of nitrogens with one attached hydrogen (secondary N) is 2. The number of hydrogen-bond acceptors (Lipinski definition) is 4. The van der Waals surface area contributed by atoms with Crippen LogP contribution in [-0.4, -0.2) is 15.5 Å². The molecule has 1 aromatic heterocycles. The number of anilines is 3. The van der Waals surface area contributed by atoms with E-state index >= 15 is 0 Å². The van der Waals surface area contributed by atoms with E-state index in [1.807, 2.05) is 51.1 Å². The highest BCUT2D eigenvalue weighted by Crippen LogP contribution is 2.36. The van der Waals surface area contributed by atoms with Crippen LogP contribution in [0.5, 0.6) is 0 Å². The van der Waals surface area contributed by atoms with E-state index < -0.39 is 11.7 Å². The van der Waals surface area contributed by atoms with Crippen LogP contribution in [0, 0.1) is 0 Å². The second-order valence-corrected chi connectivity index (χ2v) is 7.37. The topological polar surface area (TPSA) is 49.8 Å². The minimum absolute atomic E-state index is 0.0607. The molecule has 0 aliphatic heterocycles. The summed E-state index contributed by atoms with van der Waals surface area (Å²) in [5.74, 6) is 0.609. The normalized spacial score (nSPS) is 11.9. The Hall–Kier alpha value is -3.09. The first kappa shape index (κ1) is 19.7. The molecule has 0 unspecified atom stereocenters. The maximum Gasteiger partial charge on any atom is 0.418 e. The largest absolute Gasteiger partial charge is 0.418 e. The highest BCUT2D eigenvalue weighted by molar-refractivity contribution is 5.69. The Morgan fingerprint density at radius 1 is 0.821 bits per heavy atom. The standard InChI is InChI=1S/C21H21F3N4/c1-20(2,3)28-19-26-17(14-9-5-4-6-10-14)13-18(27-19)25-16-12-8-7-11-15(16)21(22,23)24/h4-13H,1-3H3,(H2,25,26,27,28). The average molecular weight is 386 g/mol. The molecule has 0 fully saturated rings. The first-order chi connectivity index (χ1) is 13.1. The van der Waals surface area contributed by atoms with Crippen molar-refractivity contribution in [2.75, 3.05) is 10.6 Å². The van der Waals surface area contributed by atoms with Gasteiger partial charge < -0.3 is 10.6 Å². The van der Waals surface area contributed by atoms with Gasteiger partial charge in [0.2, 0.25) is 5.95 Å². The molecule has 1 heterocycles.